The van der Waals surface area contributed by atoms with E-state index < -0.39 is 0 Å². The van der Waals surface area contributed by atoms with Crippen LogP contribution in [0.3, 0.4) is 0 Å². The lowest BCUT2D eigenvalue weighted by molar-refractivity contribution is -0.0934. The fraction of sp³-hybridized carbons (Fsp3) is 0.806. The maximum atomic E-state index is 7.92. The van der Waals surface area contributed by atoms with Crippen LogP contribution in [0.2, 0.25) is 0 Å². The molecule has 6 rings (SSSR count). The number of aryl methyl sites for hydroxylation is 2. The van der Waals surface area contributed by atoms with Gasteiger partial charge in [0.25, 0.3) is 0 Å². The van der Waals surface area contributed by atoms with Gasteiger partial charge in [0.05, 0.1) is 12.2 Å². The molecule has 2 aromatic rings. The second-order valence-electron chi connectivity index (χ2n) is 22.7. The summed E-state index contributed by atoms with van der Waals surface area (Å²) >= 11 is 0. The Morgan fingerprint density at radius 1 is 0.349 bits per heavy atom. The molecule has 0 amide bonds. The summed E-state index contributed by atoms with van der Waals surface area (Å²) in [7, 11) is 0. The molecule has 4 aliphatic rings. The van der Waals surface area contributed by atoms with Gasteiger partial charge in [-0.1, -0.05) is 205 Å². The van der Waals surface area contributed by atoms with E-state index in [1.807, 2.05) is 0 Å². The zero-order chi connectivity index (χ0) is 43.9. The minimum atomic E-state index is 0.197. The summed E-state index contributed by atoms with van der Waals surface area (Å²) in [4.78, 5) is 0. The molecular formula is C62H102O. The zero-order valence-corrected chi connectivity index (χ0v) is 42.3. The molecule has 1 heteroatoms. The first-order valence-corrected chi connectivity index (χ1v) is 28.9. The van der Waals surface area contributed by atoms with Crippen LogP contribution in [-0.2, 0) is 17.6 Å². The Balaban J connectivity index is 1.15. The number of benzene rings is 2. The molecule has 4 aliphatic carbocycles. The summed E-state index contributed by atoms with van der Waals surface area (Å²) in [5.41, 5.74) is 5.99. The van der Waals surface area contributed by atoms with Crippen molar-refractivity contribution < 1.29 is 4.74 Å². The fourth-order valence-electron chi connectivity index (χ4n) is 13.8. The Morgan fingerprint density at radius 2 is 0.651 bits per heavy atom. The van der Waals surface area contributed by atoms with Crippen LogP contribution in [0.1, 0.15) is 280 Å². The van der Waals surface area contributed by atoms with E-state index in [0.717, 1.165) is 35.5 Å². The zero-order valence-electron chi connectivity index (χ0n) is 42.3. The summed E-state index contributed by atoms with van der Waals surface area (Å²) in [6, 6.07) is 20.0. The largest absolute Gasteiger partial charge is 0.365 e. The van der Waals surface area contributed by atoms with Crippen LogP contribution in [0.15, 0.2) is 48.5 Å². The lowest BCUT2D eigenvalue weighted by atomic mass is 9.67. The second kappa shape index (κ2) is 29.2. The molecule has 2 atom stereocenters. The van der Waals surface area contributed by atoms with Crippen LogP contribution in [0.4, 0.5) is 0 Å². The van der Waals surface area contributed by atoms with Gasteiger partial charge >= 0.3 is 0 Å². The molecule has 0 N–H and O–H groups in total. The Bertz CT molecular complexity index is 1300. The van der Waals surface area contributed by atoms with E-state index in [1.165, 1.54) is 253 Å². The Hall–Kier alpha value is -1.60. The highest BCUT2D eigenvalue weighted by Crippen LogP contribution is 2.50. The quantitative estimate of drug-likeness (QED) is 0.0775. The molecule has 0 heterocycles. The molecule has 63 heavy (non-hydrogen) atoms. The lowest BCUT2D eigenvalue weighted by Gasteiger charge is -2.43. The molecule has 2 aromatic carbocycles. The Morgan fingerprint density at radius 3 is 0.984 bits per heavy atom. The van der Waals surface area contributed by atoms with Gasteiger partial charge < -0.3 is 4.74 Å². The molecule has 0 aromatic heterocycles. The van der Waals surface area contributed by atoms with Gasteiger partial charge in [0.15, 0.2) is 0 Å². The van der Waals surface area contributed by atoms with Gasteiger partial charge in [0, 0.05) is 0 Å². The van der Waals surface area contributed by atoms with Gasteiger partial charge in [0.1, 0.15) is 0 Å². The van der Waals surface area contributed by atoms with Crippen molar-refractivity contribution >= 4 is 0 Å². The minimum Gasteiger partial charge on any atom is -0.365 e. The van der Waals surface area contributed by atoms with Crippen molar-refractivity contribution in [2.24, 2.45) is 47.3 Å². The lowest BCUT2D eigenvalue weighted by Crippen LogP contribution is -2.31. The highest BCUT2D eigenvalue weighted by atomic mass is 16.5. The van der Waals surface area contributed by atoms with Crippen molar-refractivity contribution in [3.05, 3.63) is 70.8 Å². The van der Waals surface area contributed by atoms with Gasteiger partial charge in [0.2, 0.25) is 0 Å². The summed E-state index contributed by atoms with van der Waals surface area (Å²) in [5.74, 6) is 7.13. The van der Waals surface area contributed by atoms with Gasteiger partial charge in [-0.3, -0.25) is 0 Å². The molecule has 4 fully saturated rings. The molecule has 2 unspecified atom stereocenters. The molecular weight excluding hydrogens is 761 g/mol. The van der Waals surface area contributed by atoms with Gasteiger partial charge in [-0.15, -0.1) is 0 Å². The third kappa shape index (κ3) is 16.9. The van der Waals surface area contributed by atoms with E-state index in [9.17, 15) is 0 Å². The first-order valence-electron chi connectivity index (χ1n) is 28.9. The summed E-state index contributed by atoms with van der Waals surface area (Å²) in [5, 5.41) is 0. The molecule has 4 saturated carbocycles. The number of hydrogen-bond acceptors (Lipinski definition) is 1. The molecule has 0 spiro atoms. The van der Waals surface area contributed by atoms with Gasteiger partial charge in [-0.05, 0) is 172 Å². The highest BCUT2D eigenvalue weighted by molar-refractivity contribution is 5.28. The Kier molecular flexibility index (Phi) is 23.6. The van der Waals surface area contributed by atoms with Crippen LogP contribution in [0.25, 0.3) is 0 Å². The van der Waals surface area contributed by atoms with E-state index in [4.69, 9.17) is 4.74 Å². The maximum Gasteiger partial charge on any atom is 0.0861 e. The number of ether oxygens (including phenoxy) is 1. The number of rotatable bonds is 28. The van der Waals surface area contributed by atoms with Crippen LogP contribution < -0.4 is 0 Å². The first kappa shape index (κ1) is 50.8. The average Bonchev–Trinajstić information content (AvgIpc) is 3.33. The van der Waals surface area contributed by atoms with Crippen LogP contribution in [0, 0.1) is 47.3 Å². The van der Waals surface area contributed by atoms with E-state index in [-0.39, 0.29) is 12.2 Å². The molecule has 0 bridgehead atoms. The van der Waals surface area contributed by atoms with E-state index in [0.29, 0.717) is 11.8 Å². The van der Waals surface area contributed by atoms with Crippen molar-refractivity contribution in [3.8, 4) is 0 Å². The van der Waals surface area contributed by atoms with E-state index >= 15 is 0 Å². The SMILES string of the molecule is CCCCCCCc1ccc(C(OC(c2ccc(CCCCCCC)cc2)[C@H]2CC[C@H]([C@H]3CC[C@H](CCCCC)CC3)CC2)[C@H]2CC[C@H]([C@H]3CC[C@H](CCCCC)CC3)CC2)cc1. The molecule has 0 radical (unpaired) electrons. The summed E-state index contributed by atoms with van der Waals surface area (Å²) in [6.45, 7) is 9.36. The molecule has 1 nitrogen and oxygen atoms in total. The fourth-order valence-corrected chi connectivity index (χ4v) is 13.8. The van der Waals surface area contributed by atoms with Crippen molar-refractivity contribution in [2.45, 2.75) is 271 Å². The third-order valence-electron chi connectivity index (χ3n) is 18.1. The standard InChI is InChI=1S/C62H102O/c1-5-9-13-15-19-23-51-29-37-57(38-30-51)61(59-45-41-55(42-46-59)53-33-25-49(26-34-53)21-17-11-7-3)63-62(58-39-31-52(32-40-58)24-20-16-14-10-6-2)60-47-43-56(44-48-60)54-35-27-50(28-36-54)22-18-12-8-4/h29-32,37-40,49-50,53-56,59-62H,5-28,33-36,41-48H2,1-4H3/t49-,50-,53-,54-,55-,56-,59-,60-,61?,62?. The predicted molar refractivity (Wildman–Crippen MR) is 274 cm³/mol. The minimum absolute atomic E-state index is 0.197. The van der Waals surface area contributed by atoms with Crippen molar-refractivity contribution in [3.63, 3.8) is 0 Å². The normalized spacial score (nSPS) is 27.9. The van der Waals surface area contributed by atoms with Crippen molar-refractivity contribution in [2.75, 3.05) is 0 Å². The highest BCUT2D eigenvalue weighted by Gasteiger charge is 2.39. The number of hydrogen-bond donors (Lipinski definition) is 0. The monoisotopic (exact) mass is 863 g/mol. The van der Waals surface area contributed by atoms with Gasteiger partial charge in [-0.2, -0.15) is 0 Å². The molecule has 0 aliphatic heterocycles. The summed E-state index contributed by atoms with van der Waals surface area (Å²) < 4.78 is 7.92. The topological polar surface area (TPSA) is 9.23 Å². The predicted octanol–water partition coefficient (Wildman–Crippen LogP) is 19.9. The number of unbranched alkanes of at least 4 members (excludes halogenated alkanes) is 12. The average molecular weight is 863 g/mol. The van der Waals surface area contributed by atoms with E-state index in [1.54, 1.807) is 0 Å². The summed E-state index contributed by atoms with van der Waals surface area (Å²) in [6.07, 6.45) is 51.1. The third-order valence-corrected chi connectivity index (χ3v) is 18.1. The van der Waals surface area contributed by atoms with Crippen molar-refractivity contribution in [1.82, 2.24) is 0 Å². The van der Waals surface area contributed by atoms with Gasteiger partial charge in [-0.25, -0.2) is 0 Å². The second-order valence-corrected chi connectivity index (χ2v) is 22.7. The van der Waals surface area contributed by atoms with Crippen molar-refractivity contribution in [1.29, 1.82) is 0 Å². The van der Waals surface area contributed by atoms with Crippen LogP contribution >= 0.6 is 0 Å². The van der Waals surface area contributed by atoms with E-state index in [2.05, 4.69) is 76.2 Å². The molecule has 0 saturated heterocycles. The molecule has 356 valence electrons. The first-order chi connectivity index (χ1) is 31.1. The Labute approximate surface area is 392 Å². The van der Waals surface area contributed by atoms with Crippen LogP contribution in [0.5, 0.6) is 0 Å². The maximum absolute atomic E-state index is 7.92. The van der Waals surface area contributed by atoms with Crippen LogP contribution in [-0.4, -0.2) is 0 Å². The smallest absolute Gasteiger partial charge is 0.0861 e.